The van der Waals surface area contributed by atoms with E-state index in [1.165, 1.54) is 10.4 Å². The van der Waals surface area contributed by atoms with Gasteiger partial charge in [0.15, 0.2) is 4.80 Å². The quantitative estimate of drug-likeness (QED) is 0.633. The van der Waals surface area contributed by atoms with Crippen molar-refractivity contribution in [2.24, 2.45) is 10.4 Å². The van der Waals surface area contributed by atoms with Crippen LogP contribution in [0.2, 0.25) is 0 Å². The van der Waals surface area contributed by atoms with E-state index >= 15 is 0 Å². The molecule has 0 saturated carbocycles. The number of thiophene rings is 1. The SMILES string of the molecule is Cc1cn(-c2ccc(-c3ccccc3)s2)/c(=N/C(=O)C(C)(C)C)s1. The summed E-state index contributed by atoms with van der Waals surface area (Å²) in [5.74, 6) is -0.0991. The third-order valence-electron chi connectivity index (χ3n) is 3.50. The number of carbonyl (C=O) groups is 1. The summed E-state index contributed by atoms with van der Waals surface area (Å²) in [6, 6.07) is 14.5. The zero-order chi connectivity index (χ0) is 17.3. The first-order valence-corrected chi connectivity index (χ1v) is 9.42. The third-order valence-corrected chi connectivity index (χ3v) is 5.53. The molecule has 0 aliphatic heterocycles. The molecule has 0 aliphatic carbocycles. The number of hydrogen-bond donors (Lipinski definition) is 0. The molecule has 0 saturated heterocycles. The van der Waals surface area contributed by atoms with Crippen LogP contribution in [0.4, 0.5) is 0 Å². The van der Waals surface area contributed by atoms with Gasteiger partial charge in [0.2, 0.25) is 0 Å². The lowest BCUT2D eigenvalue weighted by atomic mass is 9.96. The molecule has 0 unspecified atom stereocenters. The number of thiazole rings is 1. The normalized spacial score (nSPS) is 12.6. The van der Waals surface area contributed by atoms with E-state index in [1.54, 1.807) is 22.7 Å². The highest BCUT2D eigenvalue weighted by molar-refractivity contribution is 7.18. The zero-order valence-corrected chi connectivity index (χ0v) is 15.9. The highest BCUT2D eigenvalue weighted by atomic mass is 32.1. The van der Waals surface area contributed by atoms with Gasteiger partial charge in [0, 0.05) is 21.4 Å². The molecule has 5 heteroatoms. The Bertz CT molecular complexity index is 924. The summed E-state index contributed by atoms with van der Waals surface area (Å²) >= 11 is 3.24. The Labute approximate surface area is 150 Å². The van der Waals surface area contributed by atoms with Gasteiger partial charge in [-0.25, -0.2) is 0 Å². The zero-order valence-electron chi connectivity index (χ0n) is 14.2. The maximum absolute atomic E-state index is 12.3. The van der Waals surface area contributed by atoms with Gasteiger partial charge >= 0.3 is 0 Å². The van der Waals surface area contributed by atoms with E-state index in [9.17, 15) is 4.79 Å². The number of hydrogen-bond acceptors (Lipinski definition) is 3. The van der Waals surface area contributed by atoms with E-state index < -0.39 is 5.41 Å². The number of benzene rings is 1. The molecule has 0 N–H and O–H groups in total. The molecule has 3 nitrogen and oxygen atoms in total. The topological polar surface area (TPSA) is 34.4 Å². The highest BCUT2D eigenvalue weighted by Gasteiger charge is 2.21. The Morgan fingerprint density at radius 1 is 1.04 bits per heavy atom. The minimum Gasteiger partial charge on any atom is -0.283 e. The summed E-state index contributed by atoms with van der Waals surface area (Å²) in [5, 5.41) is 1.07. The van der Waals surface area contributed by atoms with Crippen molar-refractivity contribution in [2.75, 3.05) is 0 Å². The van der Waals surface area contributed by atoms with E-state index in [1.807, 2.05) is 56.7 Å². The van der Waals surface area contributed by atoms with Crippen molar-refractivity contribution in [3.63, 3.8) is 0 Å². The molecule has 0 aliphatic rings. The molecule has 3 rings (SSSR count). The predicted octanol–water partition coefficient (Wildman–Crippen LogP) is 5.05. The minimum absolute atomic E-state index is 0.0991. The van der Waals surface area contributed by atoms with Crippen molar-refractivity contribution >= 4 is 28.6 Å². The van der Waals surface area contributed by atoms with Gasteiger partial charge in [0.05, 0.1) is 0 Å². The van der Waals surface area contributed by atoms with Crippen LogP contribution in [0.3, 0.4) is 0 Å². The molecule has 3 aromatic rings. The average molecular weight is 357 g/mol. The van der Waals surface area contributed by atoms with Crippen LogP contribution in [-0.4, -0.2) is 10.5 Å². The summed E-state index contributed by atoms with van der Waals surface area (Å²) in [7, 11) is 0. The lowest BCUT2D eigenvalue weighted by Gasteiger charge is -2.11. The Morgan fingerprint density at radius 3 is 2.42 bits per heavy atom. The molecule has 0 atom stereocenters. The smallest absolute Gasteiger partial charge is 0.253 e. The molecule has 1 aromatic carbocycles. The van der Waals surface area contributed by atoms with Gasteiger partial charge in [-0.05, 0) is 24.6 Å². The van der Waals surface area contributed by atoms with Crippen molar-refractivity contribution < 1.29 is 4.79 Å². The number of amides is 1. The second-order valence-corrected chi connectivity index (χ2v) is 8.94. The molecule has 124 valence electrons. The number of nitrogens with zero attached hydrogens (tertiary/aromatic N) is 2. The Hall–Kier alpha value is -1.98. The van der Waals surface area contributed by atoms with Crippen molar-refractivity contribution in [3.05, 3.63) is 58.3 Å². The second kappa shape index (κ2) is 6.49. The van der Waals surface area contributed by atoms with Crippen molar-refractivity contribution in [1.29, 1.82) is 0 Å². The highest BCUT2D eigenvalue weighted by Crippen LogP contribution is 2.30. The van der Waals surface area contributed by atoms with Gasteiger partial charge < -0.3 is 0 Å². The number of rotatable bonds is 2. The second-order valence-electron chi connectivity index (χ2n) is 6.67. The first-order chi connectivity index (χ1) is 11.3. The van der Waals surface area contributed by atoms with Crippen LogP contribution in [0.25, 0.3) is 15.4 Å². The van der Waals surface area contributed by atoms with Crippen molar-refractivity contribution in [1.82, 2.24) is 4.57 Å². The van der Waals surface area contributed by atoms with E-state index in [2.05, 4.69) is 29.3 Å². The fourth-order valence-corrected chi connectivity index (χ4v) is 4.03. The van der Waals surface area contributed by atoms with Crippen LogP contribution in [-0.2, 0) is 4.79 Å². The molecule has 2 heterocycles. The predicted molar refractivity (Wildman–Crippen MR) is 102 cm³/mol. The minimum atomic E-state index is -0.472. The van der Waals surface area contributed by atoms with Gasteiger partial charge in [-0.3, -0.25) is 9.36 Å². The maximum Gasteiger partial charge on any atom is 0.253 e. The molecule has 1 amide bonds. The molecular weight excluding hydrogens is 336 g/mol. The van der Waals surface area contributed by atoms with Gasteiger partial charge in [-0.1, -0.05) is 51.1 Å². The van der Waals surface area contributed by atoms with Gasteiger partial charge in [-0.2, -0.15) is 4.99 Å². The Morgan fingerprint density at radius 2 is 1.75 bits per heavy atom. The monoisotopic (exact) mass is 356 g/mol. The molecule has 2 aromatic heterocycles. The number of aromatic nitrogens is 1. The van der Waals surface area contributed by atoms with Gasteiger partial charge in [0.25, 0.3) is 5.91 Å². The van der Waals surface area contributed by atoms with E-state index in [-0.39, 0.29) is 5.91 Å². The van der Waals surface area contributed by atoms with Crippen molar-refractivity contribution in [2.45, 2.75) is 27.7 Å². The molecule has 0 fully saturated rings. The fraction of sp³-hybridized carbons (Fsp3) is 0.263. The molecule has 24 heavy (non-hydrogen) atoms. The molecule has 0 radical (unpaired) electrons. The summed E-state index contributed by atoms with van der Waals surface area (Å²) in [6.45, 7) is 7.71. The maximum atomic E-state index is 12.3. The van der Waals surface area contributed by atoms with E-state index in [0.717, 1.165) is 14.7 Å². The largest absolute Gasteiger partial charge is 0.283 e. The summed E-state index contributed by atoms with van der Waals surface area (Å²) in [5.41, 5.74) is 0.728. The van der Waals surface area contributed by atoms with Crippen LogP contribution in [0.5, 0.6) is 0 Å². The molecular formula is C19H20N2OS2. The van der Waals surface area contributed by atoms with E-state index in [0.29, 0.717) is 0 Å². The molecule has 0 bridgehead atoms. The summed E-state index contributed by atoms with van der Waals surface area (Å²) < 4.78 is 2.01. The van der Waals surface area contributed by atoms with Crippen molar-refractivity contribution in [3.8, 4) is 15.4 Å². The fourth-order valence-electron chi connectivity index (χ4n) is 2.16. The number of carbonyl (C=O) groups excluding carboxylic acids is 1. The Balaban J connectivity index is 2.04. The first-order valence-electron chi connectivity index (χ1n) is 7.78. The lowest BCUT2D eigenvalue weighted by molar-refractivity contribution is -0.125. The average Bonchev–Trinajstić information content (AvgIpc) is 3.14. The molecule has 0 spiro atoms. The van der Waals surface area contributed by atoms with E-state index in [4.69, 9.17) is 0 Å². The van der Waals surface area contributed by atoms with Crippen LogP contribution in [0, 0.1) is 12.3 Å². The Kier molecular flexibility index (Phi) is 4.56. The van der Waals surface area contributed by atoms with Crippen LogP contribution in [0.1, 0.15) is 25.6 Å². The van der Waals surface area contributed by atoms with Gasteiger partial charge in [-0.15, -0.1) is 22.7 Å². The van der Waals surface area contributed by atoms with Gasteiger partial charge in [0.1, 0.15) is 5.00 Å². The van der Waals surface area contributed by atoms with Crippen LogP contribution in [0.15, 0.2) is 53.7 Å². The summed E-state index contributed by atoms with van der Waals surface area (Å²) in [6.07, 6.45) is 2.04. The third kappa shape index (κ3) is 3.57. The first kappa shape index (κ1) is 16.9. The van der Waals surface area contributed by atoms with Crippen LogP contribution >= 0.6 is 22.7 Å². The number of aryl methyl sites for hydroxylation is 1. The standard InChI is InChI=1S/C19H20N2OS2/c1-13-12-21(18(23-13)20-17(22)19(2,3)4)16-11-10-15(24-16)14-8-6-5-7-9-14/h5-12H,1-4H3/b20-18-. The lowest BCUT2D eigenvalue weighted by Crippen LogP contribution is -2.22. The van der Waals surface area contributed by atoms with Crippen LogP contribution < -0.4 is 4.80 Å². The summed E-state index contributed by atoms with van der Waals surface area (Å²) in [4.78, 5) is 19.7.